The second-order valence-electron chi connectivity index (χ2n) is 6.39. The van der Waals surface area contributed by atoms with Crippen LogP contribution in [0, 0.1) is 3.57 Å². The lowest BCUT2D eigenvalue weighted by Gasteiger charge is -2.25. The molecule has 1 fully saturated rings. The zero-order valence-corrected chi connectivity index (χ0v) is 19.4. The Bertz CT molecular complexity index is 993. The van der Waals surface area contributed by atoms with Crippen molar-refractivity contribution in [3.63, 3.8) is 0 Å². The highest BCUT2D eigenvalue weighted by Gasteiger charge is 2.21. The molecule has 1 aliphatic rings. The van der Waals surface area contributed by atoms with Gasteiger partial charge in [0.15, 0.2) is 0 Å². The number of thioether (sulfide) groups is 1. The molecule has 1 heterocycles. The molecule has 0 saturated carbocycles. The number of ether oxygens (including phenoxy) is 1. The van der Waals surface area contributed by atoms with Crippen molar-refractivity contribution in [2.24, 2.45) is 5.10 Å². The molecule has 0 aromatic heterocycles. The molecule has 0 radical (unpaired) electrons. The van der Waals surface area contributed by atoms with Gasteiger partial charge in [0.1, 0.15) is 18.4 Å². The van der Waals surface area contributed by atoms with Gasteiger partial charge in [-0.1, -0.05) is 12.1 Å². The van der Waals surface area contributed by atoms with E-state index in [1.165, 1.54) is 6.21 Å². The number of halogens is 1. The Morgan fingerprint density at radius 1 is 1.31 bits per heavy atom. The number of amides is 1. The number of hydrogen-bond donors (Lipinski definition) is 1. The molecule has 1 saturated heterocycles. The molecule has 7 nitrogen and oxygen atoms in total. The Morgan fingerprint density at radius 2 is 2.03 bits per heavy atom. The lowest BCUT2D eigenvalue weighted by atomic mass is 10.2. The highest BCUT2D eigenvalue weighted by atomic mass is 127. The molecule has 0 atom stereocenters. The molecule has 0 unspecified atom stereocenters. The average molecular weight is 545 g/mol. The number of carbonyl (C=O) groups excluding carboxylic acids is 1. The third-order valence-corrected chi connectivity index (χ3v) is 7.05. The van der Waals surface area contributed by atoms with Crippen LogP contribution in [0.15, 0.2) is 53.6 Å². The maximum absolute atomic E-state index is 12.2. The normalized spacial score (nSPS) is 14.4. The Kier molecular flexibility index (Phi) is 7.41. The Labute approximate surface area is 188 Å². The van der Waals surface area contributed by atoms with Gasteiger partial charge in [-0.25, -0.2) is 13.8 Å². The van der Waals surface area contributed by atoms with E-state index in [0.717, 1.165) is 36.9 Å². The van der Waals surface area contributed by atoms with Crippen molar-refractivity contribution in [1.29, 1.82) is 0 Å². The average Bonchev–Trinajstić information content (AvgIpc) is 2.63. The van der Waals surface area contributed by atoms with E-state index in [1.54, 1.807) is 24.3 Å². The van der Waals surface area contributed by atoms with Crippen LogP contribution in [0.2, 0.25) is 0 Å². The monoisotopic (exact) mass is 545 g/mol. The summed E-state index contributed by atoms with van der Waals surface area (Å²) in [5, 5.41) is 3.93. The zero-order valence-electron chi connectivity index (χ0n) is 15.6. The fraction of sp³-hybridized carbons (Fsp3) is 0.263. The summed E-state index contributed by atoms with van der Waals surface area (Å²) in [4.78, 5) is 12.2. The predicted molar refractivity (Wildman–Crippen MR) is 125 cm³/mol. The van der Waals surface area contributed by atoms with Crippen molar-refractivity contribution < 1.29 is 17.9 Å². The van der Waals surface area contributed by atoms with E-state index in [0.29, 0.717) is 5.69 Å². The van der Waals surface area contributed by atoms with Gasteiger partial charge in [0.2, 0.25) is 10.0 Å². The first-order valence-electron chi connectivity index (χ1n) is 8.71. The van der Waals surface area contributed by atoms with Crippen LogP contribution in [-0.4, -0.2) is 50.9 Å². The summed E-state index contributed by atoms with van der Waals surface area (Å²) >= 11 is 3.97. The van der Waals surface area contributed by atoms with Crippen molar-refractivity contribution >= 4 is 62.2 Å². The summed E-state index contributed by atoms with van der Waals surface area (Å²) in [7, 11) is -3.62. The van der Waals surface area contributed by atoms with Gasteiger partial charge in [-0.3, -0.25) is 9.10 Å². The summed E-state index contributed by atoms with van der Waals surface area (Å²) in [6, 6.07) is 14.3. The predicted octanol–water partition coefficient (Wildman–Crippen LogP) is 2.70. The van der Waals surface area contributed by atoms with E-state index < -0.39 is 15.9 Å². The van der Waals surface area contributed by atoms with Crippen LogP contribution in [0.5, 0.6) is 5.75 Å². The van der Waals surface area contributed by atoms with Gasteiger partial charge in [0.25, 0.3) is 5.91 Å². The smallest absolute Gasteiger partial charge is 0.260 e. The first-order valence-corrected chi connectivity index (χ1v) is 12.8. The molecule has 1 aliphatic heterocycles. The highest BCUT2D eigenvalue weighted by molar-refractivity contribution is 14.1. The van der Waals surface area contributed by atoms with Crippen molar-refractivity contribution in [2.45, 2.75) is 6.10 Å². The van der Waals surface area contributed by atoms with Crippen LogP contribution in [0.1, 0.15) is 5.56 Å². The van der Waals surface area contributed by atoms with Crippen LogP contribution < -0.4 is 14.5 Å². The van der Waals surface area contributed by atoms with E-state index in [4.69, 9.17) is 4.74 Å². The van der Waals surface area contributed by atoms with Crippen molar-refractivity contribution in [2.75, 3.05) is 28.6 Å². The number of nitrogens with one attached hydrogen (secondary N) is 1. The molecule has 0 aliphatic carbocycles. The number of nitrogens with zero attached hydrogens (tertiary/aromatic N) is 2. The fourth-order valence-electron chi connectivity index (χ4n) is 2.49. The van der Waals surface area contributed by atoms with Gasteiger partial charge in [-0.05, 0) is 64.6 Å². The molecule has 0 bridgehead atoms. The van der Waals surface area contributed by atoms with Crippen LogP contribution in [-0.2, 0) is 14.8 Å². The minimum Gasteiger partial charge on any atom is -0.489 e. The maximum Gasteiger partial charge on any atom is 0.260 e. The van der Waals surface area contributed by atoms with Crippen molar-refractivity contribution in [1.82, 2.24) is 5.43 Å². The number of benzene rings is 2. The molecule has 3 rings (SSSR count). The van der Waals surface area contributed by atoms with Gasteiger partial charge in [-0.15, -0.1) is 0 Å². The van der Waals surface area contributed by atoms with Gasteiger partial charge in [-0.2, -0.15) is 16.9 Å². The molecule has 2 aromatic rings. The van der Waals surface area contributed by atoms with Crippen molar-refractivity contribution in [3.05, 3.63) is 57.7 Å². The number of rotatable bonds is 8. The third kappa shape index (κ3) is 6.61. The molecule has 1 N–H and O–H groups in total. The largest absolute Gasteiger partial charge is 0.489 e. The molecule has 10 heteroatoms. The van der Waals surface area contributed by atoms with Gasteiger partial charge >= 0.3 is 0 Å². The fourth-order valence-corrected chi connectivity index (χ4v) is 4.27. The Hall–Kier alpha value is -1.79. The first-order chi connectivity index (χ1) is 13.8. The molecular formula is C19H20IN3O4S2. The van der Waals surface area contributed by atoms with E-state index in [9.17, 15) is 13.2 Å². The summed E-state index contributed by atoms with van der Waals surface area (Å²) in [5.74, 6) is 2.20. The van der Waals surface area contributed by atoms with Crippen LogP contribution >= 0.6 is 34.4 Å². The maximum atomic E-state index is 12.2. The van der Waals surface area contributed by atoms with Crippen molar-refractivity contribution in [3.8, 4) is 5.75 Å². The van der Waals surface area contributed by atoms with E-state index in [1.807, 2.05) is 36.0 Å². The van der Waals surface area contributed by atoms with Crippen LogP contribution in [0.25, 0.3) is 0 Å². The number of hydrazone groups is 1. The zero-order chi connectivity index (χ0) is 20.9. The molecule has 29 heavy (non-hydrogen) atoms. The molecule has 2 aromatic carbocycles. The lowest BCUT2D eigenvalue weighted by Crippen LogP contribution is -2.39. The number of carbonyl (C=O) groups is 1. The number of hydrogen-bond acceptors (Lipinski definition) is 6. The Balaban J connectivity index is 1.60. The van der Waals surface area contributed by atoms with E-state index >= 15 is 0 Å². The molecule has 154 valence electrons. The lowest BCUT2D eigenvalue weighted by molar-refractivity contribution is -0.119. The first kappa shape index (κ1) is 21.9. The quantitative estimate of drug-likeness (QED) is 0.313. The van der Waals surface area contributed by atoms with Crippen LogP contribution in [0.3, 0.4) is 0 Å². The summed E-state index contributed by atoms with van der Waals surface area (Å²) < 4.78 is 32.0. The second kappa shape index (κ2) is 9.81. The molecule has 0 spiro atoms. The van der Waals surface area contributed by atoms with E-state index in [2.05, 4.69) is 33.1 Å². The Morgan fingerprint density at radius 3 is 2.66 bits per heavy atom. The van der Waals surface area contributed by atoms with E-state index in [-0.39, 0.29) is 12.6 Å². The third-order valence-electron chi connectivity index (χ3n) is 3.97. The summed E-state index contributed by atoms with van der Waals surface area (Å²) in [6.45, 7) is -0.362. The second-order valence-corrected chi connectivity index (χ2v) is 10.6. The number of sulfonamides is 1. The SMILES string of the molecule is CS(=O)(=O)N(CC(=O)N/N=C\c1cccc(OC2CSC2)c1)c1ccc(I)cc1. The summed E-state index contributed by atoms with van der Waals surface area (Å²) in [6.07, 6.45) is 2.80. The topological polar surface area (TPSA) is 88.1 Å². The molecule has 1 amide bonds. The van der Waals surface area contributed by atoms with Gasteiger partial charge < -0.3 is 4.74 Å². The van der Waals surface area contributed by atoms with Crippen LogP contribution in [0.4, 0.5) is 5.69 Å². The number of anilines is 1. The minimum atomic E-state index is -3.62. The standard InChI is InChI=1S/C19H20IN3O4S2/c1-29(25,26)23(16-7-5-15(20)6-8-16)11-19(24)22-21-10-14-3-2-4-17(9-14)27-18-12-28-13-18/h2-10,18H,11-13H2,1H3,(H,22,24)/b21-10-. The van der Waals surface area contributed by atoms with Gasteiger partial charge in [0, 0.05) is 15.1 Å². The summed E-state index contributed by atoms with van der Waals surface area (Å²) in [5.41, 5.74) is 3.57. The highest BCUT2D eigenvalue weighted by Crippen LogP contribution is 2.24. The molecular weight excluding hydrogens is 525 g/mol. The van der Waals surface area contributed by atoms with Gasteiger partial charge in [0.05, 0.1) is 18.2 Å². The minimum absolute atomic E-state index is 0.245.